The molecule has 1 heterocycles. The van der Waals surface area contributed by atoms with Crippen LogP contribution in [0.1, 0.15) is 42.1 Å². The zero-order valence-corrected chi connectivity index (χ0v) is 12.4. The molecule has 1 atom stereocenters. The van der Waals surface area contributed by atoms with Crippen LogP contribution in [0, 0.1) is 6.92 Å². The number of nitrogens with two attached hydrogens (primary N) is 1. The lowest BCUT2D eigenvalue weighted by Crippen LogP contribution is -2.43. The number of para-hydroxylation sites is 1. The molecule has 1 aromatic carbocycles. The minimum absolute atomic E-state index is 0.0241. The number of aryl methyl sites for hydroxylation is 1. The zero-order valence-electron chi connectivity index (χ0n) is 12.4. The standard InChI is InChI=1S/C16H24N2O2/c1-3-10-20-13-7-5-9-18(11-13)16(19)14-8-4-6-12(2)15(14)17/h4,6,8,13H,3,5,7,9-11,17H2,1-2H3. The first-order valence-electron chi connectivity index (χ1n) is 7.39. The molecule has 0 saturated carbocycles. The van der Waals surface area contributed by atoms with Gasteiger partial charge in [0.05, 0.1) is 11.7 Å². The summed E-state index contributed by atoms with van der Waals surface area (Å²) in [4.78, 5) is 14.5. The monoisotopic (exact) mass is 276 g/mol. The molecule has 1 aliphatic rings. The van der Waals surface area contributed by atoms with Gasteiger partial charge < -0.3 is 15.4 Å². The van der Waals surface area contributed by atoms with Crippen LogP contribution in [-0.2, 0) is 4.74 Å². The summed E-state index contributed by atoms with van der Waals surface area (Å²) in [5.41, 5.74) is 8.18. The lowest BCUT2D eigenvalue weighted by molar-refractivity contribution is 0.00214. The molecule has 20 heavy (non-hydrogen) atoms. The summed E-state index contributed by atoms with van der Waals surface area (Å²) in [5.74, 6) is 0.0241. The normalized spacial score (nSPS) is 19.1. The quantitative estimate of drug-likeness (QED) is 0.860. The van der Waals surface area contributed by atoms with E-state index in [1.54, 1.807) is 6.07 Å². The van der Waals surface area contributed by atoms with E-state index >= 15 is 0 Å². The Morgan fingerprint density at radius 1 is 1.50 bits per heavy atom. The van der Waals surface area contributed by atoms with Gasteiger partial charge in [-0.1, -0.05) is 19.1 Å². The number of hydrogen-bond acceptors (Lipinski definition) is 3. The molecule has 0 aromatic heterocycles. The number of carbonyl (C=O) groups excluding carboxylic acids is 1. The number of rotatable bonds is 4. The maximum absolute atomic E-state index is 12.6. The Morgan fingerprint density at radius 2 is 2.30 bits per heavy atom. The van der Waals surface area contributed by atoms with Gasteiger partial charge in [-0.2, -0.15) is 0 Å². The molecule has 1 amide bonds. The van der Waals surface area contributed by atoms with E-state index in [0.29, 0.717) is 17.8 Å². The van der Waals surface area contributed by atoms with Gasteiger partial charge in [0, 0.05) is 25.4 Å². The van der Waals surface area contributed by atoms with Crippen LogP contribution in [0.5, 0.6) is 0 Å². The third-order valence-corrected chi connectivity index (χ3v) is 3.78. The minimum atomic E-state index is 0.0241. The molecule has 4 nitrogen and oxygen atoms in total. The van der Waals surface area contributed by atoms with Crippen LogP contribution in [0.3, 0.4) is 0 Å². The SMILES string of the molecule is CCCOC1CCCN(C(=O)c2cccc(C)c2N)C1. The number of nitrogens with zero attached hydrogens (tertiary/aromatic N) is 1. The summed E-state index contributed by atoms with van der Waals surface area (Å²) in [6, 6.07) is 5.62. The van der Waals surface area contributed by atoms with Crippen LogP contribution < -0.4 is 5.73 Å². The van der Waals surface area contributed by atoms with Crippen molar-refractivity contribution >= 4 is 11.6 Å². The number of piperidine rings is 1. The predicted octanol–water partition coefficient (Wildman–Crippen LogP) is 2.61. The van der Waals surface area contributed by atoms with E-state index in [1.165, 1.54) is 0 Å². The fourth-order valence-electron chi connectivity index (χ4n) is 2.58. The Kier molecular flexibility index (Phi) is 5.01. The van der Waals surface area contributed by atoms with E-state index in [-0.39, 0.29) is 12.0 Å². The average molecular weight is 276 g/mol. The van der Waals surface area contributed by atoms with Gasteiger partial charge in [-0.15, -0.1) is 0 Å². The van der Waals surface area contributed by atoms with Gasteiger partial charge in [0.2, 0.25) is 0 Å². The minimum Gasteiger partial charge on any atom is -0.398 e. The van der Waals surface area contributed by atoms with Crippen LogP contribution >= 0.6 is 0 Å². The summed E-state index contributed by atoms with van der Waals surface area (Å²) in [7, 11) is 0. The molecule has 2 N–H and O–H groups in total. The molecule has 0 spiro atoms. The second kappa shape index (κ2) is 6.75. The highest BCUT2D eigenvalue weighted by molar-refractivity contribution is 5.99. The number of benzene rings is 1. The summed E-state index contributed by atoms with van der Waals surface area (Å²) in [6.07, 6.45) is 3.20. The highest BCUT2D eigenvalue weighted by Gasteiger charge is 2.26. The number of anilines is 1. The molecule has 2 rings (SSSR count). The van der Waals surface area contributed by atoms with E-state index in [1.807, 2.05) is 24.0 Å². The molecule has 0 bridgehead atoms. The van der Waals surface area contributed by atoms with E-state index in [9.17, 15) is 4.79 Å². The molecular formula is C16H24N2O2. The van der Waals surface area contributed by atoms with E-state index < -0.39 is 0 Å². The van der Waals surface area contributed by atoms with E-state index in [2.05, 4.69) is 6.92 Å². The first-order chi connectivity index (χ1) is 9.63. The van der Waals surface area contributed by atoms with Crippen molar-refractivity contribution in [3.8, 4) is 0 Å². The van der Waals surface area contributed by atoms with Gasteiger partial charge in [-0.05, 0) is 37.8 Å². The van der Waals surface area contributed by atoms with Crippen molar-refractivity contribution in [1.82, 2.24) is 4.90 Å². The van der Waals surface area contributed by atoms with Crippen molar-refractivity contribution in [3.05, 3.63) is 29.3 Å². The van der Waals surface area contributed by atoms with Crippen LogP contribution in [0.2, 0.25) is 0 Å². The highest BCUT2D eigenvalue weighted by atomic mass is 16.5. The van der Waals surface area contributed by atoms with Crippen molar-refractivity contribution in [1.29, 1.82) is 0 Å². The molecule has 1 aromatic rings. The number of nitrogen functional groups attached to an aromatic ring is 1. The maximum atomic E-state index is 12.6. The molecule has 1 aliphatic heterocycles. The highest BCUT2D eigenvalue weighted by Crippen LogP contribution is 2.21. The topological polar surface area (TPSA) is 55.6 Å². The first-order valence-corrected chi connectivity index (χ1v) is 7.39. The van der Waals surface area contributed by atoms with Crippen molar-refractivity contribution in [3.63, 3.8) is 0 Å². The third-order valence-electron chi connectivity index (χ3n) is 3.78. The third kappa shape index (κ3) is 3.31. The Hall–Kier alpha value is -1.55. The number of amides is 1. The van der Waals surface area contributed by atoms with Gasteiger partial charge in [0.15, 0.2) is 0 Å². The molecule has 0 aliphatic carbocycles. The second-order valence-corrected chi connectivity index (χ2v) is 5.42. The van der Waals surface area contributed by atoms with Gasteiger partial charge in [0.25, 0.3) is 5.91 Å². The van der Waals surface area contributed by atoms with Gasteiger partial charge >= 0.3 is 0 Å². The van der Waals surface area contributed by atoms with Gasteiger partial charge in [-0.25, -0.2) is 0 Å². The van der Waals surface area contributed by atoms with Crippen molar-refractivity contribution in [2.45, 2.75) is 39.2 Å². The first kappa shape index (κ1) is 14.9. The largest absolute Gasteiger partial charge is 0.398 e. The number of likely N-dealkylation sites (tertiary alicyclic amines) is 1. The van der Waals surface area contributed by atoms with Crippen LogP contribution in [0.15, 0.2) is 18.2 Å². The predicted molar refractivity (Wildman–Crippen MR) is 80.8 cm³/mol. The summed E-state index contributed by atoms with van der Waals surface area (Å²) in [5, 5.41) is 0. The molecule has 1 fully saturated rings. The Labute approximate surface area is 120 Å². The lowest BCUT2D eigenvalue weighted by atomic mass is 10.0. The van der Waals surface area contributed by atoms with E-state index in [0.717, 1.165) is 38.0 Å². The number of hydrogen-bond donors (Lipinski definition) is 1. The molecular weight excluding hydrogens is 252 g/mol. The molecule has 0 radical (unpaired) electrons. The average Bonchev–Trinajstić information content (AvgIpc) is 2.47. The smallest absolute Gasteiger partial charge is 0.256 e. The zero-order chi connectivity index (χ0) is 14.5. The lowest BCUT2D eigenvalue weighted by Gasteiger charge is -2.33. The summed E-state index contributed by atoms with van der Waals surface area (Å²) < 4.78 is 5.78. The summed E-state index contributed by atoms with van der Waals surface area (Å²) >= 11 is 0. The van der Waals surface area contributed by atoms with Crippen LogP contribution in [-0.4, -0.2) is 36.6 Å². The van der Waals surface area contributed by atoms with Crippen molar-refractivity contribution < 1.29 is 9.53 Å². The Balaban J connectivity index is 2.06. The molecule has 1 unspecified atom stereocenters. The molecule has 110 valence electrons. The van der Waals surface area contributed by atoms with Crippen molar-refractivity contribution in [2.75, 3.05) is 25.4 Å². The fraction of sp³-hybridized carbons (Fsp3) is 0.562. The van der Waals surface area contributed by atoms with E-state index in [4.69, 9.17) is 10.5 Å². The Morgan fingerprint density at radius 3 is 3.05 bits per heavy atom. The Bertz CT molecular complexity index is 474. The molecule has 1 saturated heterocycles. The maximum Gasteiger partial charge on any atom is 0.256 e. The van der Waals surface area contributed by atoms with Crippen LogP contribution in [0.25, 0.3) is 0 Å². The molecule has 4 heteroatoms. The fourth-order valence-corrected chi connectivity index (χ4v) is 2.58. The number of ether oxygens (including phenoxy) is 1. The second-order valence-electron chi connectivity index (χ2n) is 5.42. The summed E-state index contributed by atoms with van der Waals surface area (Å²) in [6.45, 7) is 6.25. The van der Waals surface area contributed by atoms with Gasteiger partial charge in [0.1, 0.15) is 0 Å². The van der Waals surface area contributed by atoms with Crippen LogP contribution in [0.4, 0.5) is 5.69 Å². The van der Waals surface area contributed by atoms with Gasteiger partial charge in [-0.3, -0.25) is 4.79 Å². The number of carbonyl (C=O) groups is 1. The van der Waals surface area contributed by atoms with Crippen molar-refractivity contribution in [2.24, 2.45) is 0 Å².